The van der Waals surface area contributed by atoms with Gasteiger partial charge in [-0.3, -0.25) is 0 Å². The van der Waals surface area contributed by atoms with Gasteiger partial charge in [-0.2, -0.15) is 0 Å². The van der Waals surface area contributed by atoms with Crippen molar-refractivity contribution in [1.82, 2.24) is 3.56 Å². The Morgan fingerprint density at radius 1 is 1.06 bits per heavy atom. The van der Waals surface area contributed by atoms with Crippen molar-refractivity contribution in [3.8, 4) is 0 Å². The van der Waals surface area contributed by atoms with E-state index in [2.05, 4.69) is 9.63 Å². The molecule has 0 atom stereocenters. The number of benzene rings is 1. The summed E-state index contributed by atoms with van der Waals surface area (Å²) in [6.45, 7) is 0. The van der Waals surface area contributed by atoms with Gasteiger partial charge in [-0.1, -0.05) is 0 Å². The summed E-state index contributed by atoms with van der Waals surface area (Å²) in [7, 11) is 0. The van der Waals surface area contributed by atoms with Crippen LogP contribution in [-0.4, -0.2) is 18.3 Å². The van der Waals surface area contributed by atoms with Gasteiger partial charge < -0.3 is 0 Å². The van der Waals surface area contributed by atoms with Gasteiger partial charge in [0.15, 0.2) is 0 Å². The standard InChI is InChI=1S/C14H17NOSe/c16-14-12-9-5-6-10-13(12)17-15(14)11-7-3-1-2-4-8-11/h5-6,9-11H,1-4,7-8H2. The molecule has 0 radical (unpaired) electrons. The number of nitrogens with zero attached hydrogens (tertiary/aromatic N) is 1. The Bertz CT molecular complexity index is 561. The molecule has 1 fully saturated rings. The van der Waals surface area contributed by atoms with Gasteiger partial charge in [0.1, 0.15) is 0 Å². The number of hydrogen-bond donors (Lipinski definition) is 0. The molecule has 0 saturated heterocycles. The first-order valence-corrected chi connectivity index (χ1v) is 8.09. The molecule has 0 bridgehead atoms. The maximum atomic E-state index is 12.3. The molecule has 0 N–H and O–H groups in total. The van der Waals surface area contributed by atoms with E-state index in [1.807, 2.05) is 18.2 Å². The molecule has 90 valence electrons. The molecule has 1 saturated carbocycles. The van der Waals surface area contributed by atoms with Crippen LogP contribution in [0.15, 0.2) is 29.1 Å². The topological polar surface area (TPSA) is 22.0 Å². The molecule has 0 spiro atoms. The van der Waals surface area contributed by atoms with Crippen LogP contribution in [0.4, 0.5) is 0 Å². The Morgan fingerprint density at radius 3 is 2.47 bits per heavy atom. The van der Waals surface area contributed by atoms with Gasteiger partial charge in [0.25, 0.3) is 0 Å². The van der Waals surface area contributed by atoms with E-state index < -0.39 is 0 Å². The molecule has 1 aliphatic rings. The van der Waals surface area contributed by atoms with Gasteiger partial charge in [-0.25, -0.2) is 0 Å². The van der Waals surface area contributed by atoms with E-state index in [1.54, 1.807) is 0 Å². The van der Waals surface area contributed by atoms with Crippen LogP contribution in [-0.2, 0) is 0 Å². The van der Waals surface area contributed by atoms with Crippen molar-refractivity contribution in [1.29, 1.82) is 0 Å². The predicted octanol–water partition coefficient (Wildman–Crippen LogP) is 2.95. The molecular weight excluding hydrogens is 277 g/mol. The quantitative estimate of drug-likeness (QED) is 0.585. The van der Waals surface area contributed by atoms with E-state index in [0.29, 0.717) is 6.04 Å². The molecule has 0 unspecified atom stereocenters. The molecule has 1 aromatic carbocycles. The van der Waals surface area contributed by atoms with Crippen molar-refractivity contribution in [3.63, 3.8) is 0 Å². The summed E-state index contributed by atoms with van der Waals surface area (Å²) in [4.78, 5) is 12.3. The predicted molar refractivity (Wildman–Crippen MR) is 71.9 cm³/mol. The Hall–Kier alpha value is -0.791. The summed E-state index contributed by atoms with van der Waals surface area (Å²) >= 11 is 0.225. The summed E-state index contributed by atoms with van der Waals surface area (Å²) < 4.78 is 3.44. The number of rotatable bonds is 1. The SMILES string of the molecule is O=c1c2ccccc2[se]n1C1CCCCCC1. The Labute approximate surface area is 107 Å². The van der Waals surface area contributed by atoms with Crippen LogP contribution in [0.25, 0.3) is 9.65 Å². The van der Waals surface area contributed by atoms with E-state index in [1.165, 1.54) is 42.8 Å². The molecule has 0 amide bonds. The number of aromatic nitrogens is 1. The van der Waals surface area contributed by atoms with Crippen LogP contribution in [0.2, 0.25) is 0 Å². The zero-order chi connectivity index (χ0) is 11.7. The van der Waals surface area contributed by atoms with Crippen LogP contribution in [0, 0.1) is 0 Å². The van der Waals surface area contributed by atoms with E-state index in [0.717, 1.165) is 5.39 Å². The molecule has 1 heterocycles. The second-order valence-electron chi connectivity index (χ2n) is 4.86. The van der Waals surface area contributed by atoms with Crippen LogP contribution in [0.5, 0.6) is 0 Å². The third-order valence-electron chi connectivity index (χ3n) is 3.67. The molecule has 1 aliphatic carbocycles. The zero-order valence-electron chi connectivity index (χ0n) is 9.89. The first-order valence-electron chi connectivity index (χ1n) is 6.47. The van der Waals surface area contributed by atoms with Gasteiger partial charge in [-0.15, -0.1) is 0 Å². The summed E-state index contributed by atoms with van der Waals surface area (Å²) in [5.41, 5.74) is 0.285. The van der Waals surface area contributed by atoms with Gasteiger partial charge >= 0.3 is 107 Å². The molecule has 1 aromatic heterocycles. The van der Waals surface area contributed by atoms with Crippen LogP contribution in [0.1, 0.15) is 44.6 Å². The Kier molecular flexibility index (Phi) is 3.21. The van der Waals surface area contributed by atoms with Crippen molar-refractivity contribution in [2.45, 2.75) is 44.6 Å². The summed E-state index contributed by atoms with van der Waals surface area (Å²) in [6.07, 6.45) is 7.70. The molecule has 17 heavy (non-hydrogen) atoms. The van der Waals surface area contributed by atoms with Gasteiger partial charge in [0.2, 0.25) is 0 Å². The van der Waals surface area contributed by atoms with Crippen molar-refractivity contribution >= 4 is 24.4 Å². The van der Waals surface area contributed by atoms with Crippen LogP contribution < -0.4 is 5.56 Å². The van der Waals surface area contributed by atoms with E-state index >= 15 is 0 Å². The van der Waals surface area contributed by atoms with Crippen molar-refractivity contribution in [2.24, 2.45) is 0 Å². The molecule has 3 heteroatoms. The van der Waals surface area contributed by atoms with E-state index in [4.69, 9.17) is 0 Å². The number of hydrogen-bond acceptors (Lipinski definition) is 1. The normalized spacial score (nSPS) is 18.4. The summed E-state index contributed by atoms with van der Waals surface area (Å²) in [5, 5.41) is 0.955. The van der Waals surface area contributed by atoms with Crippen molar-refractivity contribution in [3.05, 3.63) is 34.6 Å². The first-order chi connectivity index (χ1) is 8.36. The summed E-state index contributed by atoms with van der Waals surface area (Å²) in [5.74, 6) is 0. The molecule has 0 aliphatic heterocycles. The fraction of sp³-hybridized carbons (Fsp3) is 0.500. The minimum absolute atomic E-state index is 0.225. The second-order valence-corrected chi connectivity index (χ2v) is 6.99. The fourth-order valence-electron chi connectivity index (χ4n) is 2.72. The summed E-state index contributed by atoms with van der Waals surface area (Å²) in [6, 6.07) is 8.63. The molecular formula is C14H17NOSe. The Balaban J connectivity index is 2.04. The second kappa shape index (κ2) is 4.83. The maximum absolute atomic E-state index is 12.3. The zero-order valence-corrected chi connectivity index (χ0v) is 11.6. The average Bonchev–Trinajstić information content (AvgIpc) is 2.57. The molecule has 2 aromatic rings. The van der Waals surface area contributed by atoms with Gasteiger partial charge in [-0.05, 0) is 0 Å². The monoisotopic (exact) mass is 295 g/mol. The molecule has 2 nitrogen and oxygen atoms in total. The van der Waals surface area contributed by atoms with Crippen LogP contribution >= 0.6 is 0 Å². The minimum atomic E-state index is 0.225. The van der Waals surface area contributed by atoms with Crippen molar-refractivity contribution < 1.29 is 0 Å². The van der Waals surface area contributed by atoms with Gasteiger partial charge in [0, 0.05) is 0 Å². The van der Waals surface area contributed by atoms with Gasteiger partial charge in [0.05, 0.1) is 0 Å². The van der Waals surface area contributed by atoms with Crippen molar-refractivity contribution in [2.75, 3.05) is 0 Å². The fourth-order valence-corrected chi connectivity index (χ4v) is 5.13. The van der Waals surface area contributed by atoms with E-state index in [-0.39, 0.29) is 20.3 Å². The third-order valence-corrected chi connectivity index (χ3v) is 6.22. The Morgan fingerprint density at radius 2 is 1.76 bits per heavy atom. The molecule has 3 rings (SSSR count). The third kappa shape index (κ3) is 2.14. The van der Waals surface area contributed by atoms with Crippen LogP contribution in [0.3, 0.4) is 0 Å². The first kappa shape index (κ1) is 11.3. The average molecular weight is 294 g/mol. The van der Waals surface area contributed by atoms with E-state index in [9.17, 15) is 4.79 Å². The number of fused-ring (bicyclic) bond motifs is 1.